The van der Waals surface area contributed by atoms with E-state index in [1.165, 1.54) is 4.68 Å². The van der Waals surface area contributed by atoms with Gasteiger partial charge in [-0.25, -0.2) is 4.68 Å². The Morgan fingerprint density at radius 3 is 2.78 bits per heavy atom. The molecule has 0 atom stereocenters. The minimum atomic E-state index is -0.206. The summed E-state index contributed by atoms with van der Waals surface area (Å²) in [5.74, 6) is 0.646. The summed E-state index contributed by atoms with van der Waals surface area (Å²) in [6.07, 6.45) is 1.62. The second-order valence-electron chi connectivity index (χ2n) is 5.11. The van der Waals surface area contributed by atoms with Crippen molar-refractivity contribution in [3.63, 3.8) is 0 Å². The van der Waals surface area contributed by atoms with Gasteiger partial charge in [-0.15, -0.1) is 0 Å². The maximum atomic E-state index is 12.4. The van der Waals surface area contributed by atoms with Crippen LogP contribution in [0.5, 0.6) is 0 Å². The van der Waals surface area contributed by atoms with Gasteiger partial charge in [-0.05, 0) is 17.7 Å². The number of benzene rings is 1. The highest BCUT2D eigenvalue weighted by Gasteiger charge is 2.11. The number of nitrogens with zero attached hydrogens (tertiary/aromatic N) is 3. The molecule has 0 aliphatic rings. The van der Waals surface area contributed by atoms with Crippen molar-refractivity contribution >= 4 is 16.7 Å². The van der Waals surface area contributed by atoms with Crippen molar-refractivity contribution in [2.45, 2.75) is 13.1 Å². The number of ether oxygens (including phenoxy) is 1. The Kier molecular flexibility index (Phi) is 4.63. The highest BCUT2D eigenvalue weighted by atomic mass is 16.5. The van der Waals surface area contributed by atoms with Crippen LogP contribution in [0, 0.1) is 0 Å². The first-order valence-corrected chi connectivity index (χ1v) is 7.42. The third kappa shape index (κ3) is 3.37. The van der Waals surface area contributed by atoms with Crippen LogP contribution in [-0.2, 0) is 17.8 Å². The van der Waals surface area contributed by atoms with Gasteiger partial charge in [0.1, 0.15) is 5.52 Å². The van der Waals surface area contributed by atoms with E-state index in [1.807, 2.05) is 36.4 Å². The quantitative estimate of drug-likeness (QED) is 0.754. The summed E-state index contributed by atoms with van der Waals surface area (Å²) >= 11 is 0. The molecule has 0 saturated heterocycles. The summed E-state index contributed by atoms with van der Waals surface area (Å²) in [6, 6.07) is 13.7. The molecule has 0 unspecified atom stereocenters. The SMILES string of the molecule is COCCn1nc(NCc2ccccc2)c2cccnc2c1=O. The monoisotopic (exact) mass is 310 g/mol. The molecule has 0 aliphatic carbocycles. The molecule has 3 aromatic rings. The van der Waals surface area contributed by atoms with E-state index < -0.39 is 0 Å². The lowest BCUT2D eigenvalue weighted by atomic mass is 10.2. The van der Waals surface area contributed by atoms with Crippen LogP contribution >= 0.6 is 0 Å². The Hall–Kier alpha value is -2.73. The highest BCUT2D eigenvalue weighted by molar-refractivity contribution is 5.87. The molecule has 118 valence electrons. The average Bonchev–Trinajstić information content (AvgIpc) is 2.61. The van der Waals surface area contributed by atoms with Gasteiger partial charge in [-0.1, -0.05) is 30.3 Å². The number of fused-ring (bicyclic) bond motifs is 1. The van der Waals surface area contributed by atoms with Crippen LogP contribution in [0.15, 0.2) is 53.5 Å². The van der Waals surface area contributed by atoms with Crippen molar-refractivity contribution in [3.8, 4) is 0 Å². The van der Waals surface area contributed by atoms with Crippen LogP contribution in [-0.4, -0.2) is 28.5 Å². The number of pyridine rings is 1. The van der Waals surface area contributed by atoms with Gasteiger partial charge in [0.25, 0.3) is 5.56 Å². The smallest absolute Gasteiger partial charge is 0.293 e. The first kappa shape index (κ1) is 15.2. The first-order chi connectivity index (χ1) is 11.3. The van der Waals surface area contributed by atoms with Crippen molar-refractivity contribution in [1.82, 2.24) is 14.8 Å². The average molecular weight is 310 g/mol. The summed E-state index contributed by atoms with van der Waals surface area (Å²) < 4.78 is 6.44. The summed E-state index contributed by atoms with van der Waals surface area (Å²) in [6.45, 7) is 1.44. The third-order valence-corrected chi connectivity index (χ3v) is 3.53. The fraction of sp³-hybridized carbons (Fsp3) is 0.235. The molecule has 1 N–H and O–H groups in total. The van der Waals surface area contributed by atoms with Gasteiger partial charge in [0, 0.05) is 19.9 Å². The lowest BCUT2D eigenvalue weighted by molar-refractivity contribution is 0.182. The molecule has 3 rings (SSSR count). The summed E-state index contributed by atoms with van der Waals surface area (Å²) in [5.41, 5.74) is 1.35. The third-order valence-electron chi connectivity index (χ3n) is 3.53. The summed E-state index contributed by atoms with van der Waals surface area (Å²) in [4.78, 5) is 16.6. The molecule has 6 nitrogen and oxygen atoms in total. The van der Waals surface area contributed by atoms with Gasteiger partial charge < -0.3 is 10.1 Å². The highest BCUT2D eigenvalue weighted by Crippen LogP contribution is 2.16. The predicted octanol–water partition coefficient (Wildman–Crippen LogP) is 2.05. The van der Waals surface area contributed by atoms with E-state index >= 15 is 0 Å². The molecule has 23 heavy (non-hydrogen) atoms. The molecule has 2 aromatic heterocycles. The van der Waals surface area contributed by atoms with Crippen LogP contribution in [0.3, 0.4) is 0 Å². The van der Waals surface area contributed by atoms with E-state index in [0.29, 0.717) is 31.0 Å². The summed E-state index contributed by atoms with van der Waals surface area (Å²) in [7, 11) is 1.60. The lowest BCUT2D eigenvalue weighted by Crippen LogP contribution is -2.26. The van der Waals surface area contributed by atoms with Crippen LogP contribution in [0.2, 0.25) is 0 Å². The fourth-order valence-electron chi connectivity index (χ4n) is 2.35. The Balaban J connectivity index is 1.97. The van der Waals surface area contributed by atoms with Gasteiger partial charge in [0.15, 0.2) is 5.82 Å². The number of aromatic nitrogens is 3. The molecule has 0 radical (unpaired) electrons. The van der Waals surface area contributed by atoms with E-state index in [2.05, 4.69) is 15.4 Å². The maximum absolute atomic E-state index is 12.4. The van der Waals surface area contributed by atoms with Crippen molar-refractivity contribution in [2.24, 2.45) is 0 Å². The molecular formula is C17H18N4O2. The van der Waals surface area contributed by atoms with Crippen molar-refractivity contribution in [3.05, 3.63) is 64.6 Å². The zero-order valence-electron chi connectivity index (χ0n) is 12.9. The van der Waals surface area contributed by atoms with Gasteiger partial charge >= 0.3 is 0 Å². The van der Waals surface area contributed by atoms with E-state index in [4.69, 9.17) is 4.74 Å². The minimum Gasteiger partial charge on any atom is -0.383 e. The molecule has 0 amide bonds. The van der Waals surface area contributed by atoms with Gasteiger partial charge in [0.2, 0.25) is 0 Å². The second kappa shape index (κ2) is 7.02. The minimum absolute atomic E-state index is 0.206. The number of nitrogens with one attached hydrogen (secondary N) is 1. The predicted molar refractivity (Wildman–Crippen MR) is 89.4 cm³/mol. The molecule has 0 saturated carbocycles. The molecule has 2 heterocycles. The Morgan fingerprint density at radius 1 is 1.17 bits per heavy atom. The molecule has 0 spiro atoms. The summed E-state index contributed by atoms with van der Waals surface area (Å²) in [5, 5.41) is 8.45. The molecule has 0 fully saturated rings. The van der Waals surface area contributed by atoms with Crippen molar-refractivity contribution in [2.75, 3.05) is 19.0 Å². The van der Waals surface area contributed by atoms with Crippen molar-refractivity contribution < 1.29 is 4.74 Å². The molecule has 0 aliphatic heterocycles. The number of hydrogen-bond acceptors (Lipinski definition) is 5. The van der Waals surface area contributed by atoms with Crippen LogP contribution in [0.4, 0.5) is 5.82 Å². The fourth-order valence-corrected chi connectivity index (χ4v) is 2.35. The van der Waals surface area contributed by atoms with Crippen LogP contribution in [0.1, 0.15) is 5.56 Å². The molecular weight excluding hydrogens is 292 g/mol. The maximum Gasteiger partial charge on any atom is 0.293 e. The lowest BCUT2D eigenvalue weighted by Gasteiger charge is -2.12. The van der Waals surface area contributed by atoms with Gasteiger partial charge in [0.05, 0.1) is 18.5 Å². The van der Waals surface area contributed by atoms with Crippen LogP contribution < -0.4 is 10.9 Å². The Morgan fingerprint density at radius 2 is 2.00 bits per heavy atom. The molecule has 0 bridgehead atoms. The number of methoxy groups -OCH3 is 1. The number of rotatable bonds is 6. The van der Waals surface area contributed by atoms with E-state index in [9.17, 15) is 4.79 Å². The van der Waals surface area contributed by atoms with Gasteiger partial charge in [-0.2, -0.15) is 5.10 Å². The topological polar surface area (TPSA) is 69.0 Å². The molecule has 1 aromatic carbocycles. The van der Waals surface area contributed by atoms with Crippen LogP contribution in [0.25, 0.3) is 10.9 Å². The van der Waals surface area contributed by atoms with E-state index in [1.54, 1.807) is 19.4 Å². The zero-order chi connectivity index (χ0) is 16.1. The normalized spacial score (nSPS) is 10.8. The standard InChI is InChI=1S/C17H18N4O2/c1-23-11-10-21-17(22)15-14(8-5-9-18-15)16(20-21)19-12-13-6-3-2-4-7-13/h2-9H,10-12H2,1H3,(H,19,20). The Labute approximate surface area is 133 Å². The zero-order valence-corrected chi connectivity index (χ0v) is 12.9. The second-order valence-corrected chi connectivity index (χ2v) is 5.11. The first-order valence-electron chi connectivity index (χ1n) is 7.42. The van der Waals surface area contributed by atoms with Crippen molar-refractivity contribution in [1.29, 1.82) is 0 Å². The Bertz CT molecular complexity index is 846. The largest absolute Gasteiger partial charge is 0.383 e. The van der Waals surface area contributed by atoms with E-state index in [0.717, 1.165) is 10.9 Å². The van der Waals surface area contributed by atoms with E-state index in [-0.39, 0.29) is 5.56 Å². The number of hydrogen-bond donors (Lipinski definition) is 1. The van der Waals surface area contributed by atoms with Gasteiger partial charge in [-0.3, -0.25) is 9.78 Å². The molecule has 6 heteroatoms. The number of anilines is 1.